The van der Waals surface area contributed by atoms with Gasteiger partial charge in [-0.05, 0) is 54.3 Å². The lowest BCUT2D eigenvalue weighted by molar-refractivity contribution is -0.118. The summed E-state index contributed by atoms with van der Waals surface area (Å²) in [6.07, 6.45) is 0.324. The second kappa shape index (κ2) is 13.2. The molecule has 1 amide bonds. The number of pyridine rings is 2. The third-order valence-electron chi connectivity index (χ3n) is 6.09. The van der Waals surface area contributed by atoms with Crippen molar-refractivity contribution in [2.75, 3.05) is 39.7 Å². The van der Waals surface area contributed by atoms with Crippen LogP contribution in [0.15, 0.2) is 41.2 Å². The lowest BCUT2D eigenvalue weighted by Gasteiger charge is -2.16. The maximum atomic E-state index is 13.2. The minimum atomic E-state index is -0.179. The van der Waals surface area contributed by atoms with Crippen LogP contribution in [-0.2, 0) is 11.2 Å². The number of nitrogens with one attached hydrogen (secondary N) is 3. The molecule has 9 nitrogen and oxygen atoms in total. The van der Waals surface area contributed by atoms with Crippen LogP contribution in [0.5, 0.6) is 17.2 Å². The number of methoxy groups -OCH3 is 3. The van der Waals surface area contributed by atoms with Gasteiger partial charge in [0.15, 0.2) is 11.5 Å². The Morgan fingerprint density at radius 1 is 0.947 bits per heavy atom. The Hall–Kier alpha value is -3.69. The van der Waals surface area contributed by atoms with Gasteiger partial charge in [0.2, 0.25) is 5.91 Å². The molecule has 2 aromatic carbocycles. The number of halogens is 2. The Kier molecular flexibility index (Phi) is 10.6. The van der Waals surface area contributed by atoms with Crippen LogP contribution in [0, 0.1) is 6.92 Å². The number of anilines is 1. The highest BCUT2D eigenvalue weighted by atomic mass is 35.5. The molecule has 2 aromatic heterocycles. The summed E-state index contributed by atoms with van der Waals surface area (Å²) in [4.78, 5) is 32.2. The van der Waals surface area contributed by atoms with Crippen molar-refractivity contribution in [1.29, 1.82) is 0 Å². The van der Waals surface area contributed by atoms with Gasteiger partial charge >= 0.3 is 0 Å². The van der Waals surface area contributed by atoms with E-state index in [0.29, 0.717) is 42.4 Å². The molecule has 0 aliphatic heterocycles. The molecule has 0 radical (unpaired) electrons. The minimum Gasteiger partial charge on any atom is -0.497 e. The van der Waals surface area contributed by atoms with E-state index < -0.39 is 0 Å². The molecule has 4 rings (SSSR count). The SMILES string of the molecule is COc1ccc2nc(NCCNC(C)=O)c(Cc3c(=O)[nH]c(C)c4cc(OC)c(OC)cc34)cc2c1.Cl.Cl. The number of carbonyl (C=O) groups is 1. The average molecular weight is 563 g/mol. The van der Waals surface area contributed by atoms with Crippen LogP contribution in [0.25, 0.3) is 21.7 Å². The lowest BCUT2D eigenvalue weighted by Crippen LogP contribution is -2.26. The topological polar surface area (TPSA) is 115 Å². The Balaban J connectivity index is 0.00000253. The minimum absolute atomic E-state index is 0. The number of H-pyrrole nitrogens is 1. The van der Waals surface area contributed by atoms with E-state index in [-0.39, 0.29) is 36.3 Å². The summed E-state index contributed by atoms with van der Waals surface area (Å²) in [5, 5.41) is 8.64. The highest BCUT2D eigenvalue weighted by molar-refractivity contribution is 5.91. The van der Waals surface area contributed by atoms with E-state index >= 15 is 0 Å². The molecule has 0 unspecified atom stereocenters. The number of aromatic amines is 1. The van der Waals surface area contributed by atoms with Crippen LogP contribution >= 0.6 is 24.8 Å². The molecular formula is C27H32Cl2N4O5. The number of hydrogen-bond acceptors (Lipinski definition) is 7. The fraction of sp³-hybridized carbons (Fsp3) is 0.296. The predicted octanol–water partition coefficient (Wildman–Crippen LogP) is 4.39. The van der Waals surface area contributed by atoms with Gasteiger partial charge in [-0.3, -0.25) is 9.59 Å². The van der Waals surface area contributed by atoms with E-state index in [4.69, 9.17) is 19.2 Å². The summed E-state index contributed by atoms with van der Waals surface area (Å²) in [5.41, 5.74) is 2.78. The van der Waals surface area contributed by atoms with Crippen LogP contribution in [0.1, 0.15) is 23.7 Å². The summed E-state index contributed by atoms with van der Waals surface area (Å²) in [6.45, 7) is 4.27. The fourth-order valence-electron chi connectivity index (χ4n) is 4.27. The van der Waals surface area contributed by atoms with Gasteiger partial charge in [0.05, 0.1) is 26.8 Å². The number of ether oxygens (including phenoxy) is 3. The first-order chi connectivity index (χ1) is 17.3. The van der Waals surface area contributed by atoms with E-state index in [9.17, 15) is 9.59 Å². The van der Waals surface area contributed by atoms with Crippen molar-refractivity contribution in [2.24, 2.45) is 0 Å². The molecule has 0 aliphatic rings. The quantitative estimate of drug-likeness (QED) is 0.259. The molecule has 2 heterocycles. The second-order valence-corrected chi connectivity index (χ2v) is 8.45. The zero-order valence-corrected chi connectivity index (χ0v) is 23.5. The first-order valence-corrected chi connectivity index (χ1v) is 11.6. The average Bonchev–Trinajstić information content (AvgIpc) is 2.87. The first-order valence-electron chi connectivity index (χ1n) is 11.6. The van der Waals surface area contributed by atoms with Gasteiger partial charge in [-0.25, -0.2) is 4.98 Å². The molecule has 0 saturated carbocycles. The number of nitrogens with zero attached hydrogens (tertiary/aromatic N) is 1. The zero-order chi connectivity index (χ0) is 25.8. The van der Waals surface area contributed by atoms with Crippen molar-refractivity contribution in [3.8, 4) is 17.2 Å². The van der Waals surface area contributed by atoms with Crippen LogP contribution in [0.3, 0.4) is 0 Å². The number of aryl methyl sites for hydroxylation is 1. The third kappa shape index (κ3) is 6.41. The molecule has 0 fully saturated rings. The number of fused-ring (bicyclic) bond motifs is 2. The van der Waals surface area contributed by atoms with Crippen LogP contribution in [0.4, 0.5) is 5.82 Å². The maximum Gasteiger partial charge on any atom is 0.252 e. The fourth-order valence-corrected chi connectivity index (χ4v) is 4.27. The van der Waals surface area contributed by atoms with Crippen LogP contribution in [0.2, 0.25) is 0 Å². The molecule has 4 aromatic rings. The largest absolute Gasteiger partial charge is 0.497 e. The first kappa shape index (κ1) is 30.5. The molecule has 11 heteroatoms. The van der Waals surface area contributed by atoms with Gasteiger partial charge in [0.1, 0.15) is 11.6 Å². The van der Waals surface area contributed by atoms with Crippen molar-refractivity contribution in [1.82, 2.24) is 15.3 Å². The molecule has 38 heavy (non-hydrogen) atoms. The van der Waals surface area contributed by atoms with Gasteiger partial charge in [-0.1, -0.05) is 0 Å². The predicted molar refractivity (Wildman–Crippen MR) is 155 cm³/mol. The highest BCUT2D eigenvalue weighted by Gasteiger charge is 2.17. The van der Waals surface area contributed by atoms with Gasteiger partial charge in [0.25, 0.3) is 5.56 Å². The van der Waals surface area contributed by atoms with Crippen molar-refractivity contribution < 1.29 is 19.0 Å². The van der Waals surface area contributed by atoms with Gasteiger partial charge in [-0.15, -0.1) is 24.8 Å². The Morgan fingerprint density at radius 3 is 2.26 bits per heavy atom. The summed E-state index contributed by atoms with van der Waals surface area (Å²) in [5.74, 6) is 2.40. The normalized spacial score (nSPS) is 10.3. The lowest BCUT2D eigenvalue weighted by atomic mass is 9.98. The van der Waals surface area contributed by atoms with Gasteiger partial charge < -0.3 is 29.8 Å². The van der Waals surface area contributed by atoms with Crippen molar-refractivity contribution >= 4 is 58.2 Å². The van der Waals surface area contributed by atoms with Crippen LogP contribution < -0.4 is 30.4 Å². The molecule has 0 aliphatic carbocycles. The highest BCUT2D eigenvalue weighted by Crippen LogP contribution is 2.35. The summed E-state index contributed by atoms with van der Waals surface area (Å²) < 4.78 is 16.4. The molecule has 0 spiro atoms. The molecule has 204 valence electrons. The summed E-state index contributed by atoms with van der Waals surface area (Å²) >= 11 is 0. The number of benzene rings is 2. The zero-order valence-electron chi connectivity index (χ0n) is 21.9. The molecular weight excluding hydrogens is 531 g/mol. The molecule has 0 atom stereocenters. The Morgan fingerprint density at radius 2 is 1.63 bits per heavy atom. The van der Waals surface area contributed by atoms with E-state index in [2.05, 4.69) is 15.6 Å². The smallest absolute Gasteiger partial charge is 0.252 e. The van der Waals surface area contributed by atoms with E-state index in [1.807, 2.05) is 43.3 Å². The summed E-state index contributed by atoms with van der Waals surface area (Å²) in [6, 6.07) is 11.4. The molecule has 0 bridgehead atoms. The van der Waals surface area contributed by atoms with E-state index in [1.165, 1.54) is 6.92 Å². The number of aromatic nitrogens is 2. The van der Waals surface area contributed by atoms with Gasteiger partial charge in [-0.2, -0.15) is 0 Å². The van der Waals surface area contributed by atoms with E-state index in [1.54, 1.807) is 21.3 Å². The molecule has 0 saturated heterocycles. The van der Waals surface area contributed by atoms with Gasteiger partial charge in [0, 0.05) is 48.5 Å². The monoisotopic (exact) mass is 562 g/mol. The van der Waals surface area contributed by atoms with Crippen molar-refractivity contribution in [2.45, 2.75) is 20.3 Å². The second-order valence-electron chi connectivity index (χ2n) is 8.45. The van der Waals surface area contributed by atoms with E-state index in [0.717, 1.165) is 38.7 Å². The number of hydrogen-bond donors (Lipinski definition) is 3. The van der Waals surface area contributed by atoms with Crippen molar-refractivity contribution in [3.63, 3.8) is 0 Å². The summed E-state index contributed by atoms with van der Waals surface area (Å²) in [7, 11) is 4.77. The van der Waals surface area contributed by atoms with Crippen molar-refractivity contribution in [3.05, 3.63) is 63.6 Å². The Bertz CT molecular complexity index is 1510. The number of amides is 1. The standard InChI is InChI=1S/C27H30N4O5.2ClH/c1-15-20-13-24(35-4)25(36-5)14-21(20)22(27(33)30-15)12-18-10-17-11-19(34-3)6-7-23(17)31-26(18)29-9-8-28-16(2)32;;/h6-7,10-11,13-14H,8-9,12H2,1-5H3,(H,28,32)(H,29,31)(H,30,33);2*1H. The number of carbonyl (C=O) groups excluding carboxylic acids is 1. The molecule has 3 N–H and O–H groups in total. The van der Waals surface area contributed by atoms with Crippen LogP contribution in [-0.4, -0.2) is 50.3 Å². The Labute approximate surface area is 233 Å². The maximum absolute atomic E-state index is 13.2. The third-order valence-corrected chi connectivity index (χ3v) is 6.09. The number of rotatable bonds is 9.